The average molecular weight is 265 g/mol. The molecule has 1 aliphatic rings. The molecule has 0 radical (unpaired) electrons. The van der Waals surface area contributed by atoms with Crippen LogP contribution < -0.4 is 5.32 Å². The third kappa shape index (κ3) is 3.18. The van der Waals surface area contributed by atoms with Gasteiger partial charge in [0.1, 0.15) is 0 Å². The summed E-state index contributed by atoms with van der Waals surface area (Å²) in [5, 5.41) is 22.7. The zero-order valence-electron chi connectivity index (χ0n) is 10.3. The van der Waals surface area contributed by atoms with Crippen molar-refractivity contribution in [1.29, 1.82) is 0 Å². The zero-order valence-corrected chi connectivity index (χ0v) is 10.3. The van der Waals surface area contributed by atoms with Crippen LogP contribution in [0, 0.1) is 16.0 Å². The van der Waals surface area contributed by atoms with E-state index in [0.29, 0.717) is 12.5 Å². The van der Waals surface area contributed by atoms with E-state index in [0.717, 1.165) is 25.1 Å². The monoisotopic (exact) mass is 265 g/mol. The van der Waals surface area contributed by atoms with Crippen LogP contribution in [0.15, 0.2) is 12.3 Å². The van der Waals surface area contributed by atoms with Gasteiger partial charge in [-0.3, -0.25) is 10.1 Å². The van der Waals surface area contributed by atoms with Gasteiger partial charge >= 0.3 is 11.7 Å². The molecule has 0 atom stereocenters. The van der Waals surface area contributed by atoms with Crippen molar-refractivity contribution in [1.82, 2.24) is 4.98 Å². The number of hydrogen-bond acceptors (Lipinski definition) is 5. The lowest BCUT2D eigenvalue weighted by molar-refractivity contribution is -0.384. The minimum Gasteiger partial charge on any atom is -0.478 e. The van der Waals surface area contributed by atoms with E-state index in [1.807, 2.05) is 0 Å². The largest absolute Gasteiger partial charge is 0.478 e. The molecule has 0 aromatic carbocycles. The lowest BCUT2D eigenvalue weighted by atomic mass is 10.1. The van der Waals surface area contributed by atoms with Gasteiger partial charge in [0.2, 0.25) is 5.82 Å². The highest BCUT2D eigenvalue weighted by atomic mass is 16.6. The Morgan fingerprint density at radius 1 is 1.53 bits per heavy atom. The van der Waals surface area contributed by atoms with E-state index in [9.17, 15) is 14.9 Å². The van der Waals surface area contributed by atoms with Crippen LogP contribution in [0.5, 0.6) is 0 Å². The molecule has 0 amide bonds. The Balaban J connectivity index is 2.14. The molecule has 7 heteroatoms. The van der Waals surface area contributed by atoms with Gasteiger partial charge in [0.25, 0.3) is 0 Å². The Morgan fingerprint density at radius 2 is 2.21 bits per heavy atom. The molecule has 0 spiro atoms. The quantitative estimate of drug-likeness (QED) is 0.625. The van der Waals surface area contributed by atoms with E-state index in [-0.39, 0.29) is 17.1 Å². The fraction of sp³-hybridized carbons (Fsp3) is 0.500. The van der Waals surface area contributed by atoms with Crippen LogP contribution in [0.1, 0.15) is 36.0 Å². The molecule has 1 aromatic rings. The highest BCUT2D eigenvalue weighted by molar-refractivity contribution is 5.88. The van der Waals surface area contributed by atoms with E-state index < -0.39 is 10.9 Å². The first kappa shape index (κ1) is 13.3. The summed E-state index contributed by atoms with van der Waals surface area (Å²) < 4.78 is 0. The van der Waals surface area contributed by atoms with Crippen LogP contribution in [0.3, 0.4) is 0 Å². The van der Waals surface area contributed by atoms with Crippen molar-refractivity contribution in [3.05, 3.63) is 27.9 Å². The van der Waals surface area contributed by atoms with E-state index in [2.05, 4.69) is 10.3 Å². The molecule has 0 unspecified atom stereocenters. The van der Waals surface area contributed by atoms with E-state index >= 15 is 0 Å². The number of carboxylic acids is 1. The molecule has 7 nitrogen and oxygen atoms in total. The SMILES string of the molecule is O=C(O)c1cnc(NCC2CCCC2)c([N+](=O)[O-])c1. The van der Waals surface area contributed by atoms with Crippen LogP contribution in [0.4, 0.5) is 11.5 Å². The number of rotatable bonds is 5. The van der Waals surface area contributed by atoms with Crippen molar-refractivity contribution in [2.45, 2.75) is 25.7 Å². The Bertz CT molecular complexity index is 498. The molecular weight excluding hydrogens is 250 g/mol. The van der Waals surface area contributed by atoms with Crippen molar-refractivity contribution in [3.63, 3.8) is 0 Å². The van der Waals surface area contributed by atoms with Gasteiger partial charge in [0, 0.05) is 18.8 Å². The van der Waals surface area contributed by atoms with Gasteiger partial charge in [0.05, 0.1) is 10.5 Å². The Labute approximate surface area is 109 Å². The molecule has 102 valence electrons. The molecule has 2 rings (SSSR count). The molecule has 19 heavy (non-hydrogen) atoms. The number of anilines is 1. The Hall–Kier alpha value is -2.18. The number of nitro groups is 1. The number of nitrogens with one attached hydrogen (secondary N) is 1. The van der Waals surface area contributed by atoms with Crippen LogP contribution in [-0.2, 0) is 0 Å². The Kier molecular flexibility index (Phi) is 3.94. The van der Waals surface area contributed by atoms with Gasteiger partial charge in [-0.05, 0) is 18.8 Å². The maximum absolute atomic E-state index is 10.9. The number of nitrogens with zero attached hydrogens (tertiary/aromatic N) is 2. The maximum atomic E-state index is 10.9. The fourth-order valence-corrected chi connectivity index (χ4v) is 2.30. The normalized spacial score (nSPS) is 15.4. The third-order valence-electron chi connectivity index (χ3n) is 3.34. The summed E-state index contributed by atoms with van der Waals surface area (Å²) in [7, 11) is 0. The highest BCUT2D eigenvalue weighted by Gasteiger charge is 2.21. The summed E-state index contributed by atoms with van der Waals surface area (Å²) in [5.41, 5.74) is -0.476. The summed E-state index contributed by atoms with van der Waals surface area (Å²) in [6.45, 7) is 0.639. The van der Waals surface area contributed by atoms with Gasteiger partial charge in [-0.15, -0.1) is 0 Å². The molecule has 1 aromatic heterocycles. The van der Waals surface area contributed by atoms with Crippen LogP contribution >= 0.6 is 0 Å². The molecule has 1 aliphatic carbocycles. The minimum atomic E-state index is -1.22. The molecule has 0 aliphatic heterocycles. The van der Waals surface area contributed by atoms with E-state index in [4.69, 9.17) is 5.11 Å². The first-order chi connectivity index (χ1) is 9.08. The highest BCUT2D eigenvalue weighted by Crippen LogP contribution is 2.27. The summed E-state index contributed by atoms with van der Waals surface area (Å²) in [6.07, 6.45) is 5.76. The molecule has 1 heterocycles. The second-order valence-corrected chi connectivity index (χ2v) is 4.69. The predicted molar refractivity (Wildman–Crippen MR) is 68.3 cm³/mol. The second kappa shape index (κ2) is 5.64. The zero-order chi connectivity index (χ0) is 13.8. The Morgan fingerprint density at radius 3 is 2.79 bits per heavy atom. The number of hydrogen-bond donors (Lipinski definition) is 2. The van der Waals surface area contributed by atoms with Gasteiger partial charge in [-0.2, -0.15) is 0 Å². The molecule has 2 N–H and O–H groups in total. The number of carboxylic acid groups (broad SMARTS) is 1. The van der Waals surface area contributed by atoms with Gasteiger partial charge in [-0.1, -0.05) is 12.8 Å². The fourth-order valence-electron chi connectivity index (χ4n) is 2.30. The number of carbonyl (C=O) groups is 1. The van der Waals surface area contributed by atoms with Crippen molar-refractivity contribution in [2.24, 2.45) is 5.92 Å². The first-order valence-corrected chi connectivity index (χ1v) is 6.19. The van der Waals surface area contributed by atoms with Gasteiger partial charge < -0.3 is 10.4 Å². The maximum Gasteiger partial charge on any atom is 0.337 e. The standard InChI is InChI=1S/C12H15N3O4/c16-12(17)9-5-10(15(18)19)11(14-7-9)13-6-8-3-1-2-4-8/h5,7-8H,1-4,6H2,(H,13,14)(H,16,17). The van der Waals surface area contributed by atoms with Crippen LogP contribution in [-0.4, -0.2) is 27.5 Å². The third-order valence-corrected chi connectivity index (χ3v) is 3.34. The number of aromatic nitrogens is 1. The molecule has 0 bridgehead atoms. The van der Waals surface area contributed by atoms with E-state index in [1.165, 1.54) is 12.8 Å². The van der Waals surface area contributed by atoms with Crippen molar-refractivity contribution < 1.29 is 14.8 Å². The molecule has 1 saturated carbocycles. The van der Waals surface area contributed by atoms with Crippen LogP contribution in [0.2, 0.25) is 0 Å². The lowest BCUT2D eigenvalue weighted by Gasteiger charge is -2.11. The summed E-state index contributed by atoms with van der Waals surface area (Å²) in [6, 6.07) is 1.03. The second-order valence-electron chi connectivity index (χ2n) is 4.69. The summed E-state index contributed by atoms with van der Waals surface area (Å²) in [4.78, 5) is 24.9. The van der Waals surface area contributed by atoms with Crippen LogP contribution in [0.25, 0.3) is 0 Å². The van der Waals surface area contributed by atoms with Crippen molar-refractivity contribution in [2.75, 3.05) is 11.9 Å². The predicted octanol–water partition coefficient (Wildman–Crippen LogP) is 2.29. The van der Waals surface area contributed by atoms with Crippen molar-refractivity contribution >= 4 is 17.5 Å². The van der Waals surface area contributed by atoms with Gasteiger partial charge in [0.15, 0.2) is 0 Å². The summed E-state index contributed by atoms with van der Waals surface area (Å²) in [5.74, 6) is -0.569. The molecule has 0 saturated heterocycles. The minimum absolute atomic E-state index is 0.141. The number of aromatic carboxylic acids is 1. The van der Waals surface area contributed by atoms with Crippen molar-refractivity contribution in [3.8, 4) is 0 Å². The number of pyridine rings is 1. The average Bonchev–Trinajstić information content (AvgIpc) is 2.89. The molecular formula is C12H15N3O4. The molecule has 1 fully saturated rings. The smallest absolute Gasteiger partial charge is 0.337 e. The topological polar surface area (TPSA) is 105 Å². The summed E-state index contributed by atoms with van der Waals surface area (Å²) >= 11 is 0. The van der Waals surface area contributed by atoms with Gasteiger partial charge in [-0.25, -0.2) is 9.78 Å². The first-order valence-electron chi connectivity index (χ1n) is 6.19. The van der Waals surface area contributed by atoms with E-state index in [1.54, 1.807) is 0 Å². The lowest BCUT2D eigenvalue weighted by Crippen LogP contribution is -2.13.